The molecule has 6 nitrogen and oxygen atoms in total. The Labute approximate surface area is 206 Å². The van der Waals surface area contributed by atoms with E-state index in [9.17, 15) is 13.6 Å². The van der Waals surface area contributed by atoms with Crippen LogP contribution < -0.4 is 5.32 Å². The number of nitrogens with zero attached hydrogens (tertiary/aromatic N) is 2. The van der Waals surface area contributed by atoms with Crippen LogP contribution in [0.5, 0.6) is 0 Å². The van der Waals surface area contributed by atoms with Crippen molar-refractivity contribution in [2.45, 2.75) is 65.2 Å². The molecule has 0 bridgehead atoms. The molecule has 0 unspecified atom stereocenters. The second-order valence-electron chi connectivity index (χ2n) is 9.32. The van der Waals surface area contributed by atoms with Crippen LogP contribution in [-0.4, -0.2) is 39.6 Å². The first-order chi connectivity index (χ1) is 16.6. The zero-order chi connectivity index (χ0) is 25.9. The third-order valence-electron chi connectivity index (χ3n) is 6.79. The summed E-state index contributed by atoms with van der Waals surface area (Å²) in [6.45, 7) is 6.03. The molecule has 3 rings (SSSR count). The van der Waals surface area contributed by atoms with Gasteiger partial charge in [-0.1, -0.05) is 19.4 Å². The maximum atomic E-state index is 13.3. The summed E-state index contributed by atoms with van der Waals surface area (Å²) in [7, 11) is 1.98. The molecule has 0 radical (unpaired) electrons. The van der Waals surface area contributed by atoms with Gasteiger partial charge in [0, 0.05) is 42.3 Å². The molecular formula is C27H38F2N4O2. The smallest absolute Gasteiger partial charge is 0.306 e. The van der Waals surface area contributed by atoms with E-state index < -0.39 is 11.9 Å². The number of nitrogens with one attached hydrogen (secondary N) is 2. The predicted molar refractivity (Wildman–Crippen MR) is 135 cm³/mol. The van der Waals surface area contributed by atoms with Crippen molar-refractivity contribution < 1.29 is 18.7 Å². The molecule has 1 saturated carbocycles. The second-order valence-corrected chi connectivity index (χ2v) is 9.32. The Morgan fingerprint density at radius 3 is 2.49 bits per heavy atom. The Kier molecular flexibility index (Phi) is 10.8. The monoisotopic (exact) mass is 488 g/mol. The number of hydrogen-bond acceptors (Lipinski definition) is 4. The van der Waals surface area contributed by atoms with E-state index in [1.54, 1.807) is 6.20 Å². The van der Waals surface area contributed by atoms with Gasteiger partial charge in [0.05, 0.1) is 5.92 Å². The van der Waals surface area contributed by atoms with E-state index in [1.807, 2.05) is 26.1 Å². The summed E-state index contributed by atoms with van der Waals surface area (Å²) in [5, 5.41) is 12.1. The minimum absolute atomic E-state index is 0.0836. The lowest BCUT2D eigenvalue weighted by Gasteiger charge is -2.38. The van der Waals surface area contributed by atoms with Crippen LogP contribution in [0, 0.1) is 18.3 Å². The van der Waals surface area contributed by atoms with E-state index in [0.29, 0.717) is 11.2 Å². The molecule has 1 fully saturated rings. The molecule has 0 aromatic carbocycles. The van der Waals surface area contributed by atoms with E-state index in [1.165, 1.54) is 43.4 Å². The maximum Gasteiger partial charge on any atom is 0.306 e. The average molecular weight is 489 g/mol. The number of hydrogen-bond donors (Lipinski definition) is 3. The van der Waals surface area contributed by atoms with Crippen LogP contribution >= 0.6 is 0 Å². The molecular weight excluding hydrogens is 450 g/mol. The number of aromatic nitrogens is 3. The first kappa shape index (κ1) is 28.4. The topological polar surface area (TPSA) is 90.9 Å². The fourth-order valence-electron chi connectivity index (χ4n) is 4.27. The lowest BCUT2D eigenvalue weighted by atomic mass is 9.67. The van der Waals surface area contributed by atoms with Crippen LogP contribution in [0.4, 0.5) is 8.78 Å². The van der Waals surface area contributed by atoms with Gasteiger partial charge in [-0.15, -0.1) is 0 Å². The van der Waals surface area contributed by atoms with Gasteiger partial charge in [-0.2, -0.15) is 0 Å². The summed E-state index contributed by atoms with van der Waals surface area (Å²) in [5.74, 6) is -3.02. The summed E-state index contributed by atoms with van der Waals surface area (Å²) < 4.78 is 26.6. The number of rotatable bonds is 7. The highest BCUT2D eigenvalue weighted by Crippen LogP contribution is 2.43. The van der Waals surface area contributed by atoms with Gasteiger partial charge in [0.25, 0.3) is 5.92 Å². The Balaban J connectivity index is 0.000000258. The third kappa shape index (κ3) is 9.02. The lowest BCUT2D eigenvalue weighted by Crippen LogP contribution is -2.32. The summed E-state index contributed by atoms with van der Waals surface area (Å²) in [5.41, 5.74) is 2.02. The molecule has 2 heterocycles. The van der Waals surface area contributed by atoms with Crippen LogP contribution in [-0.2, 0) is 10.7 Å². The predicted octanol–water partition coefficient (Wildman–Crippen LogP) is 6.28. The number of carboxylic acid groups (broad SMARTS) is 1. The molecule has 1 aliphatic carbocycles. The van der Waals surface area contributed by atoms with E-state index in [4.69, 9.17) is 5.11 Å². The SMILES string of the molecule is CCC1(CCNC)CCC(C(=O)O)CC1.Cc1ccc(-c2ncccc(C(C)(F)F)cc[nH]2)cn1. The van der Waals surface area contributed by atoms with Crippen LogP contribution in [0.1, 0.15) is 63.6 Å². The van der Waals surface area contributed by atoms with Crippen molar-refractivity contribution in [2.24, 2.45) is 11.3 Å². The molecule has 8 heteroatoms. The number of H-pyrrole nitrogens is 1. The number of aromatic amines is 1. The first-order valence-corrected chi connectivity index (χ1v) is 12.2. The number of aliphatic carboxylic acids is 1. The Bertz CT molecular complexity index is 977. The van der Waals surface area contributed by atoms with E-state index in [-0.39, 0.29) is 11.5 Å². The highest BCUT2D eigenvalue weighted by atomic mass is 19.3. The zero-order valence-electron chi connectivity index (χ0n) is 21.2. The van der Waals surface area contributed by atoms with Crippen molar-refractivity contribution in [3.63, 3.8) is 0 Å². The highest BCUT2D eigenvalue weighted by Gasteiger charge is 2.35. The van der Waals surface area contributed by atoms with Crippen LogP contribution in [0.25, 0.3) is 11.4 Å². The van der Waals surface area contributed by atoms with Crippen molar-refractivity contribution in [3.8, 4) is 11.4 Å². The van der Waals surface area contributed by atoms with E-state index >= 15 is 0 Å². The maximum absolute atomic E-state index is 13.3. The summed E-state index contributed by atoms with van der Waals surface area (Å²) in [4.78, 5) is 22.1. The summed E-state index contributed by atoms with van der Waals surface area (Å²) in [6, 6.07) is 7.91. The molecule has 0 aliphatic heterocycles. The highest BCUT2D eigenvalue weighted by molar-refractivity contribution is 5.70. The zero-order valence-corrected chi connectivity index (χ0v) is 21.2. The number of alkyl halides is 2. The lowest BCUT2D eigenvalue weighted by molar-refractivity contribution is -0.143. The van der Waals surface area contributed by atoms with Crippen molar-refractivity contribution in [1.82, 2.24) is 20.3 Å². The fourth-order valence-corrected chi connectivity index (χ4v) is 4.27. The number of pyridine rings is 1. The Hall–Kier alpha value is -2.87. The van der Waals surface area contributed by atoms with Crippen LogP contribution in [0.3, 0.4) is 0 Å². The van der Waals surface area contributed by atoms with Crippen molar-refractivity contribution in [2.75, 3.05) is 13.6 Å². The van der Waals surface area contributed by atoms with Gasteiger partial charge in [0.1, 0.15) is 5.82 Å². The second kappa shape index (κ2) is 13.3. The van der Waals surface area contributed by atoms with Gasteiger partial charge in [0.15, 0.2) is 0 Å². The summed E-state index contributed by atoms with van der Waals surface area (Å²) in [6.07, 6.45) is 10.9. The number of carbonyl (C=O) groups is 1. The van der Waals surface area contributed by atoms with Crippen molar-refractivity contribution in [1.29, 1.82) is 0 Å². The molecule has 1 aliphatic rings. The quantitative estimate of drug-likeness (QED) is 0.426. The van der Waals surface area contributed by atoms with Crippen molar-refractivity contribution >= 4 is 5.97 Å². The van der Waals surface area contributed by atoms with E-state index in [2.05, 4.69) is 27.2 Å². The molecule has 0 spiro atoms. The third-order valence-corrected chi connectivity index (χ3v) is 6.79. The molecule has 0 amide bonds. The van der Waals surface area contributed by atoms with Gasteiger partial charge in [-0.3, -0.25) is 9.78 Å². The standard InChI is InChI=1S/C15H15F2N3.C12H23NO2/c1-11-5-6-12(10-20-11)14-18-8-3-4-13(7-9-19-14)15(2,16)17;1-3-12(8-9-13-2)6-4-10(5-7-12)11(14)15/h3-10H,1-2H3,(H,18,19);10,13H,3-9H2,1-2H3,(H,14,15). The Morgan fingerprint density at radius 1 is 1.23 bits per heavy atom. The van der Waals surface area contributed by atoms with Gasteiger partial charge >= 0.3 is 5.97 Å². The molecule has 2 aromatic heterocycles. The normalized spacial score (nSPS) is 19.8. The molecule has 35 heavy (non-hydrogen) atoms. The number of carboxylic acids is 1. The number of aryl methyl sites for hydroxylation is 1. The molecule has 0 saturated heterocycles. The fraction of sp³-hybridized carbons (Fsp3) is 0.519. The van der Waals surface area contributed by atoms with Gasteiger partial charge in [-0.25, -0.2) is 13.8 Å². The van der Waals surface area contributed by atoms with Gasteiger partial charge < -0.3 is 15.4 Å². The summed E-state index contributed by atoms with van der Waals surface area (Å²) >= 11 is 0. The molecule has 2 aromatic rings. The largest absolute Gasteiger partial charge is 0.481 e. The van der Waals surface area contributed by atoms with Crippen LogP contribution in [0.15, 0.2) is 48.9 Å². The Morgan fingerprint density at radius 2 is 1.94 bits per heavy atom. The molecule has 0 atom stereocenters. The number of halogens is 2. The first-order valence-electron chi connectivity index (χ1n) is 12.2. The van der Waals surface area contributed by atoms with E-state index in [0.717, 1.165) is 50.4 Å². The minimum atomic E-state index is -2.89. The molecule has 3 N–H and O–H groups in total. The average Bonchev–Trinajstić information content (AvgIpc) is 2.96. The van der Waals surface area contributed by atoms with Gasteiger partial charge in [0.2, 0.25) is 0 Å². The molecule has 192 valence electrons. The van der Waals surface area contributed by atoms with Crippen LogP contribution in [0.2, 0.25) is 0 Å². The minimum Gasteiger partial charge on any atom is -0.481 e. The van der Waals surface area contributed by atoms with Gasteiger partial charge in [-0.05, 0) is 82.3 Å². The van der Waals surface area contributed by atoms with Crippen molar-refractivity contribution in [3.05, 3.63) is 60.2 Å².